The van der Waals surface area contributed by atoms with Gasteiger partial charge in [-0.05, 0) is 56.6 Å². The normalized spacial score (nSPS) is 12.2. The van der Waals surface area contributed by atoms with E-state index in [9.17, 15) is 0 Å². The number of para-hydroxylation sites is 1. The maximum Gasteiger partial charge on any atom is 0.130 e. The standard InChI is InChI=1S/C17H21NO/c1-13-7-4-5-10-17(13)19-16-9-6-8-15(12-16)11-14(2)18-3/h4-10,12,14,18H,11H2,1-3H3/t14-/m1/s1. The SMILES string of the molecule is CN[C@H](C)Cc1cccc(Oc2ccccc2C)c1. The van der Waals surface area contributed by atoms with Gasteiger partial charge in [0.05, 0.1) is 0 Å². The Labute approximate surface area is 115 Å². The highest BCUT2D eigenvalue weighted by molar-refractivity contribution is 5.38. The minimum absolute atomic E-state index is 0.466. The average molecular weight is 255 g/mol. The zero-order valence-corrected chi connectivity index (χ0v) is 11.8. The molecule has 2 aromatic rings. The van der Waals surface area contributed by atoms with Crippen molar-refractivity contribution >= 4 is 0 Å². The summed E-state index contributed by atoms with van der Waals surface area (Å²) in [5.41, 5.74) is 2.43. The molecule has 0 saturated heterocycles. The van der Waals surface area contributed by atoms with Gasteiger partial charge in [-0.1, -0.05) is 30.3 Å². The van der Waals surface area contributed by atoms with Gasteiger partial charge in [0.25, 0.3) is 0 Å². The molecule has 2 nitrogen and oxygen atoms in total. The molecule has 100 valence electrons. The summed E-state index contributed by atoms with van der Waals surface area (Å²) in [7, 11) is 1.98. The van der Waals surface area contributed by atoms with Gasteiger partial charge in [0.1, 0.15) is 11.5 Å². The zero-order chi connectivity index (χ0) is 13.7. The quantitative estimate of drug-likeness (QED) is 0.873. The maximum atomic E-state index is 5.94. The van der Waals surface area contributed by atoms with Gasteiger partial charge in [0.15, 0.2) is 0 Å². The zero-order valence-electron chi connectivity index (χ0n) is 11.8. The summed E-state index contributed by atoms with van der Waals surface area (Å²) >= 11 is 0. The van der Waals surface area contributed by atoms with Crippen LogP contribution in [0.5, 0.6) is 11.5 Å². The number of hydrogen-bond acceptors (Lipinski definition) is 2. The number of benzene rings is 2. The molecule has 0 radical (unpaired) electrons. The third-order valence-corrected chi connectivity index (χ3v) is 3.25. The molecule has 0 saturated carbocycles. The van der Waals surface area contributed by atoms with Crippen molar-refractivity contribution in [3.8, 4) is 11.5 Å². The molecule has 2 rings (SSSR count). The monoisotopic (exact) mass is 255 g/mol. The summed E-state index contributed by atoms with van der Waals surface area (Å²) in [5, 5.41) is 3.25. The highest BCUT2D eigenvalue weighted by Gasteiger charge is 2.04. The van der Waals surface area contributed by atoms with E-state index >= 15 is 0 Å². The molecule has 0 fully saturated rings. The number of rotatable bonds is 5. The van der Waals surface area contributed by atoms with Crippen molar-refractivity contribution in [1.82, 2.24) is 5.32 Å². The Kier molecular flexibility index (Phi) is 4.58. The Bertz CT molecular complexity index is 536. The fraction of sp³-hybridized carbons (Fsp3) is 0.294. The second kappa shape index (κ2) is 6.39. The summed E-state index contributed by atoms with van der Waals surface area (Å²) in [6.07, 6.45) is 1.00. The molecular formula is C17H21NO. The van der Waals surface area contributed by atoms with E-state index < -0.39 is 0 Å². The van der Waals surface area contributed by atoms with E-state index in [4.69, 9.17) is 4.74 Å². The van der Waals surface area contributed by atoms with Crippen molar-refractivity contribution in [3.63, 3.8) is 0 Å². The molecule has 1 N–H and O–H groups in total. The van der Waals surface area contributed by atoms with Gasteiger partial charge in [-0.2, -0.15) is 0 Å². The van der Waals surface area contributed by atoms with E-state index in [-0.39, 0.29) is 0 Å². The summed E-state index contributed by atoms with van der Waals surface area (Å²) < 4.78 is 5.94. The largest absolute Gasteiger partial charge is 0.457 e. The first-order chi connectivity index (χ1) is 9.19. The van der Waals surface area contributed by atoms with E-state index in [0.29, 0.717) is 6.04 Å². The maximum absolute atomic E-state index is 5.94. The molecular weight excluding hydrogens is 234 g/mol. The van der Waals surface area contributed by atoms with Crippen molar-refractivity contribution in [2.45, 2.75) is 26.3 Å². The van der Waals surface area contributed by atoms with Crippen molar-refractivity contribution in [3.05, 3.63) is 59.7 Å². The van der Waals surface area contributed by atoms with Crippen LogP contribution in [-0.2, 0) is 6.42 Å². The molecule has 0 unspecified atom stereocenters. The van der Waals surface area contributed by atoms with Crippen LogP contribution < -0.4 is 10.1 Å². The van der Waals surface area contributed by atoms with Crippen molar-refractivity contribution in [2.24, 2.45) is 0 Å². The van der Waals surface area contributed by atoms with Crippen molar-refractivity contribution in [2.75, 3.05) is 7.05 Å². The predicted octanol–water partition coefficient (Wildman–Crippen LogP) is 3.94. The van der Waals surface area contributed by atoms with Crippen LogP contribution in [0.2, 0.25) is 0 Å². The van der Waals surface area contributed by atoms with Crippen LogP contribution in [0.1, 0.15) is 18.1 Å². The Morgan fingerprint density at radius 2 is 1.89 bits per heavy atom. The molecule has 1 atom stereocenters. The minimum Gasteiger partial charge on any atom is -0.457 e. The average Bonchev–Trinajstić information content (AvgIpc) is 2.42. The van der Waals surface area contributed by atoms with Gasteiger partial charge in [-0.3, -0.25) is 0 Å². The second-order valence-electron chi connectivity index (χ2n) is 4.91. The topological polar surface area (TPSA) is 21.3 Å². The molecule has 0 heterocycles. The molecule has 0 spiro atoms. The number of likely N-dealkylation sites (N-methyl/N-ethyl adjacent to an activating group) is 1. The van der Waals surface area contributed by atoms with Gasteiger partial charge in [0.2, 0.25) is 0 Å². The van der Waals surface area contributed by atoms with Crippen LogP contribution in [0.25, 0.3) is 0 Å². The van der Waals surface area contributed by atoms with E-state index in [2.05, 4.69) is 37.4 Å². The number of aryl methyl sites for hydroxylation is 1. The van der Waals surface area contributed by atoms with Gasteiger partial charge >= 0.3 is 0 Å². The molecule has 0 aliphatic rings. The lowest BCUT2D eigenvalue weighted by Crippen LogP contribution is -2.23. The lowest BCUT2D eigenvalue weighted by atomic mass is 10.1. The number of nitrogens with one attached hydrogen (secondary N) is 1. The predicted molar refractivity (Wildman–Crippen MR) is 79.9 cm³/mol. The van der Waals surface area contributed by atoms with E-state index in [1.807, 2.05) is 37.4 Å². The molecule has 0 aromatic heterocycles. The highest BCUT2D eigenvalue weighted by atomic mass is 16.5. The third kappa shape index (κ3) is 3.83. The fourth-order valence-electron chi connectivity index (χ4n) is 1.99. The van der Waals surface area contributed by atoms with Gasteiger partial charge < -0.3 is 10.1 Å². The van der Waals surface area contributed by atoms with E-state index in [0.717, 1.165) is 23.5 Å². The Balaban J connectivity index is 2.13. The smallest absolute Gasteiger partial charge is 0.130 e. The molecule has 0 amide bonds. The molecule has 0 aliphatic carbocycles. The Morgan fingerprint density at radius 3 is 2.63 bits per heavy atom. The van der Waals surface area contributed by atoms with E-state index in [1.165, 1.54) is 5.56 Å². The van der Waals surface area contributed by atoms with Crippen LogP contribution in [0.3, 0.4) is 0 Å². The van der Waals surface area contributed by atoms with Crippen LogP contribution in [0, 0.1) is 6.92 Å². The summed E-state index contributed by atoms with van der Waals surface area (Å²) in [6, 6.07) is 16.8. The van der Waals surface area contributed by atoms with Crippen molar-refractivity contribution < 1.29 is 4.74 Å². The van der Waals surface area contributed by atoms with E-state index in [1.54, 1.807) is 0 Å². The summed E-state index contributed by atoms with van der Waals surface area (Å²) in [6.45, 7) is 4.23. The molecule has 2 heteroatoms. The summed E-state index contributed by atoms with van der Waals surface area (Å²) in [4.78, 5) is 0. The third-order valence-electron chi connectivity index (χ3n) is 3.25. The van der Waals surface area contributed by atoms with Gasteiger partial charge in [0, 0.05) is 6.04 Å². The van der Waals surface area contributed by atoms with Crippen LogP contribution >= 0.6 is 0 Å². The summed E-state index contributed by atoms with van der Waals surface area (Å²) in [5.74, 6) is 1.82. The molecule has 0 aliphatic heterocycles. The van der Waals surface area contributed by atoms with Crippen LogP contribution in [0.15, 0.2) is 48.5 Å². The highest BCUT2D eigenvalue weighted by Crippen LogP contribution is 2.25. The Morgan fingerprint density at radius 1 is 1.11 bits per heavy atom. The first-order valence-corrected chi connectivity index (χ1v) is 6.68. The minimum atomic E-state index is 0.466. The van der Waals surface area contributed by atoms with Crippen LogP contribution in [-0.4, -0.2) is 13.1 Å². The van der Waals surface area contributed by atoms with Gasteiger partial charge in [-0.15, -0.1) is 0 Å². The fourth-order valence-corrected chi connectivity index (χ4v) is 1.99. The first-order valence-electron chi connectivity index (χ1n) is 6.68. The lowest BCUT2D eigenvalue weighted by Gasteiger charge is -2.12. The molecule has 19 heavy (non-hydrogen) atoms. The second-order valence-corrected chi connectivity index (χ2v) is 4.91. The first kappa shape index (κ1) is 13.6. The van der Waals surface area contributed by atoms with Crippen molar-refractivity contribution in [1.29, 1.82) is 0 Å². The lowest BCUT2D eigenvalue weighted by molar-refractivity contribution is 0.477. The molecule has 0 bridgehead atoms. The van der Waals surface area contributed by atoms with Crippen LogP contribution in [0.4, 0.5) is 0 Å². The number of hydrogen-bond donors (Lipinski definition) is 1. The Hall–Kier alpha value is -1.80. The number of ether oxygens (including phenoxy) is 1. The van der Waals surface area contributed by atoms with Gasteiger partial charge in [-0.25, -0.2) is 0 Å². The molecule has 2 aromatic carbocycles.